The third-order valence-corrected chi connectivity index (χ3v) is 3.66. The molecule has 0 amide bonds. The molecular weight excluding hydrogens is 359 g/mol. The fourth-order valence-electron chi connectivity index (χ4n) is 2.14. The van der Waals surface area contributed by atoms with Gasteiger partial charge in [0.1, 0.15) is 11.3 Å². The lowest BCUT2D eigenvalue weighted by molar-refractivity contribution is -0.136. The molecule has 0 spiro atoms. The summed E-state index contributed by atoms with van der Waals surface area (Å²) in [5.74, 6) is -0.279. The first-order valence-corrected chi connectivity index (χ1v) is 7.14. The van der Waals surface area contributed by atoms with Gasteiger partial charge in [-0.15, -0.1) is 0 Å². The highest BCUT2D eigenvalue weighted by Crippen LogP contribution is 2.43. The second-order valence-electron chi connectivity index (χ2n) is 4.61. The van der Waals surface area contributed by atoms with Crippen molar-refractivity contribution in [3.63, 3.8) is 0 Å². The van der Waals surface area contributed by atoms with Crippen LogP contribution < -0.4 is 0 Å². The molecule has 2 aromatic carbocycles. The van der Waals surface area contributed by atoms with Crippen LogP contribution in [0.2, 0.25) is 0 Å². The van der Waals surface area contributed by atoms with Gasteiger partial charge in [0.2, 0.25) is 0 Å². The van der Waals surface area contributed by atoms with E-state index < -0.39 is 11.7 Å². The number of benzene rings is 2. The molecule has 6 heteroatoms. The number of nitrogens with zero attached hydrogens (tertiary/aromatic N) is 1. The van der Waals surface area contributed by atoms with E-state index in [2.05, 4.69) is 21.1 Å². The first-order valence-electron chi connectivity index (χ1n) is 6.35. The van der Waals surface area contributed by atoms with Gasteiger partial charge in [-0.1, -0.05) is 51.4 Å². The van der Waals surface area contributed by atoms with Gasteiger partial charge in [0.15, 0.2) is 5.76 Å². The second kappa shape index (κ2) is 5.61. The van der Waals surface area contributed by atoms with E-state index in [-0.39, 0.29) is 11.5 Å². The summed E-state index contributed by atoms with van der Waals surface area (Å²) in [4.78, 5) is 0. The molecule has 0 aliphatic rings. The van der Waals surface area contributed by atoms with Crippen molar-refractivity contribution < 1.29 is 17.7 Å². The van der Waals surface area contributed by atoms with E-state index in [1.807, 2.05) is 0 Å². The Morgan fingerprint density at radius 2 is 1.50 bits per heavy atom. The van der Waals surface area contributed by atoms with E-state index in [1.165, 1.54) is 0 Å². The topological polar surface area (TPSA) is 26.0 Å². The Morgan fingerprint density at radius 3 is 2.09 bits per heavy atom. The average molecular weight is 368 g/mol. The monoisotopic (exact) mass is 367 g/mol. The molecule has 22 heavy (non-hydrogen) atoms. The van der Waals surface area contributed by atoms with Crippen LogP contribution in [0.15, 0.2) is 63.6 Å². The summed E-state index contributed by atoms with van der Waals surface area (Å²) >= 11 is 3.25. The summed E-state index contributed by atoms with van der Waals surface area (Å²) in [6.45, 7) is 0. The first kappa shape index (κ1) is 14.8. The van der Waals surface area contributed by atoms with Crippen molar-refractivity contribution in [1.82, 2.24) is 5.16 Å². The summed E-state index contributed by atoms with van der Waals surface area (Å²) in [6.07, 6.45) is -4.56. The predicted molar refractivity (Wildman–Crippen MR) is 80.1 cm³/mol. The molecular formula is C16H9BrF3NO. The maximum absolute atomic E-state index is 13.5. The normalized spacial score (nSPS) is 11.6. The van der Waals surface area contributed by atoms with Crippen LogP contribution in [0, 0.1) is 0 Å². The van der Waals surface area contributed by atoms with Crippen molar-refractivity contribution in [1.29, 1.82) is 0 Å². The number of alkyl halides is 3. The summed E-state index contributed by atoms with van der Waals surface area (Å²) in [6, 6.07) is 14.6. The van der Waals surface area contributed by atoms with Crippen molar-refractivity contribution in [2.45, 2.75) is 6.18 Å². The van der Waals surface area contributed by atoms with Gasteiger partial charge < -0.3 is 4.52 Å². The van der Waals surface area contributed by atoms with Crippen molar-refractivity contribution in [2.75, 3.05) is 0 Å². The van der Waals surface area contributed by atoms with Crippen LogP contribution in [-0.2, 0) is 6.18 Å². The zero-order chi connectivity index (χ0) is 15.7. The largest absolute Gasteiger partial charge is 0.422 e. The van der Waals surface area contributed by atoms with Gasteiger partial charge in [-0.05, 0) is 24.3 Å². The lowest BCUT2D eigenvalue weighted by Gasteiger charge is -2.08. The molecule has 1 heterocycles. The zero-order valence-electron chi connectivity index (χ0n) is 11.1. The van der Waals surface area contributed by atoms with Gasteiger partial charge >= 0.3 is 6.18 Å². The Kier molecular flexibility index (Phi) is 3.78. The van der Waals surface area contributed by atoms with E-state index in [0.717, 1.165) is 4.47 Å². The first-order chi connectivity index (χ1) is 10.5. The molecule has 0 aliphatic carbocycles. The minimum Gasteiger partial charge on any atom is -0.355 e. The molecule has 1 aromatic heterocycles. The third-order valence-electron chi connectivity index (χ3n) is 3.13. The van der Waals surface area contributed by atoms with Gasteiger partial charge in [-0.2, -0.15) is 13.2 Å². The smallest absolute Gasteiger partial charge is 0.355 e. The maximum Gasteiger partial charge on any atom is 0.422 e. The zero-order valence-corrected chi connectivity index (χ0v) is 12.6. The van der Waals surface area contributed by atoms with Gasteiger partial charge in [-0.25, -0.2) is 0 Å². The van der Waals surface area contributed by atoms with E-state index in [1.54, 1.807) is 54.6 Å². The SMILES string of the molecule is FC(F)(F)c1c(-c2ccccc2)noc1-c1ccc(Br)cc1. The van der Waals surface area contributed by atoms with E-state index >= 15 is 0 Å². The number of hydrogen-bond acceptors (Lipinski definition) is 2. The Bertz CT molecular complexity index is 779. The molecule has 0 fully saturated rings. The summed E-state index contributed by atoms with van der Waals surface area (Å²) in [5.41, 5.74) is -0.376. The number of hydrogen-bond donors (Lipinski definition) is 0. The summed E-state index contributed by atoms with van der Waals surface area (Å²) in [7, 11) is 0. The van der Waals surface area contributed by atoms with Crippen LogP contribution >= 0.6 is 15.9 Å². The molecule has 0 radical (unpaired) electrons. The number of aromatic nitrogens is 1. The Balaban J connectivity index is 2.20. The molecule has 0 unspecified atom stereocenters. The molecule has 0 N–H and O–H groups in total. The lowest BCUT2D eigenvalue weighted by atomic mass is 10.0. The van der Waals surface area contributed by atoms with E-state index in [4.69, 9.17) is 4.52 Å². The van der Waals surface area contributed by atoms with Crippen LogP contribution in [-0.4, -0.2) is 5.16 Å². The standard InChI is InChI=1S/C16H9BrF3NO/c17-12-8-6-11(7-9-12)15-13(16(18,19)20)14(21-22-15)10-4-2-1-3-5-10/h1-9H. The molecule has 2 nitrogen and oxygen atoms in total. The molecule has 0 bridgehead atoms. The molecule has 3 rings (SSSR count). The lowest BCUT2D eigenvalue weighted by Crippen LogP contribution is -2.07. The Hall–Kier alpha value is -2.08. The van der Waals surface area contributed by atoms with Crippen molar-refractivity contribution in [2.24, 2.45) is 0 Å². The minimum atomic E-state index is -4.56. The second-order valence-corrected chi connectivity index (χ2v) is 5.52. The van der Waals surface area contributed by atoms with Crippen molar-refractivity contribution >= 4 is 15.9 Å². The van der Waals surface area contributed by atoms with Crippen LogP contribution in [0.1, 0.15) is 5.56 Å². The summed E-state index contributed by atoms with van der Waals surface area (Å²) < 4.78 is 46.2. The molecule has 3 aromatic rings. The van der Waals surface area contributed by atoms with Gasteiger partial charge in [0, 0.05) is 15.6 Å². The fourth-order valence-corrected chi connectivity index (χ4v) is 2.41. The average Bonchev–Trinajstić information content (AvgIpc) is 2.94. The van der Waals surface area contributed by atoms with Gasteiger partial charge in [0.25, 0.3) is 0 Å². The number of rotatable bonds is 2. The van der Waals surface area contributed by atoms with Crippen LogP contribution in [0.3, 0.4) is 0 Å². The highest BCUT2D eigenvalue weighted by molar-refractivity contribution is 9.10. The van der Waals surface area contributed by atoms with Crippen LogP contribution in [0.25, 0.3) is 22.6 Å². The van der Waals surface area contributed by atoms with Gasteiger partial charge in [-0.3, -0.25) is 0 Å². The quantitative estimate of drug-likeness (QED) is 0.572. The van der Waals surface area contributed by atoms with Gasteiger partial charge in [0.05, 0.1) is 0 Å². The highest BCUT2D eigenvalue weighted by Gasteiger charge is 2.41. The van der Waals surface area contributed by atoms with Crippen LogP contribution in [0.4, 0.5) is 13.2 Å². The fraction of sp³-hybridized carbons (Fsp3) is 0.0625. The third kappa shape index (κ3) is 2.78. The molecule has 0 saturated heterocycles. The maximum atomic E-state index is 13.5. The number of halogens is 4. The van der Waals surface area contributed by atoms with E-state index in [0.29, 0.717) is 11.1 Å². The Labute approximate surface area is 132 Å². The molecule has 0 atom stereocenters. The van der Waals surface area contributed by atoms with E-state index in [9.17, 15) is 13.2 Å². The predicted octanol–water partition coefficient (Wildman–Crippen LogP) is 5.79. The van der Waals surface area contributed by atoms with Crippen molar-refractivity contribution in [3.05, 3.63) is 64.6 Å². The van der Waals surface area contributed by atoms with Crippen LogP contribution in [0.5, 0.6) is 0 Å². The minimum absolute atomic E-state index is 0.203. The molecule has 0 saturated carbocycles. The summed E-state index contributed by atoms with van der Waals surface area (Å²) in [5, 5.41) is 3.64. The van der Waals surface area contributed by atoms with Crippen molar-refractivity contribution in [3.8, 4) is 22.6 Å². The molecule has 0 aliphatic heterocycles. The Morgan fingerprint density at radius 1 is 0.864 bits per heavy atom. The highest BCUT2D eigenvalue weighted by atomic mass is 79.9. The molecule has 112 valence electrons.